The first-order chi connectivity index (χ1) is 10.00. The third-order valence-corrected chi connectivity index (χ3v) is 5.61. The van der Waals surface area contributed by atoms with E-state index in [1.165, 1.54) is 6.07 Å². The van der Waals surface area contributed by atoms with E-state index in [1.807, 2.05) is 0 Å². The Morgan fingerprint density at radius 1 is 1.24 bits per heavy atom. The molecule has 0 amide bonds. The van der Waals surface area contributed by atoms with E-state index in [9.17, 15) is 18.3 Å². The molecule has 0 aliphatic carbocycles. The lowest BCUT2D eigenvalue weighted by Gasteiger charge is -2.29. The second-order valence-electron chi connectivity index (χ2n) is 5.06. The standard InChI is InChI=1S/C14H15NO5S/c16-14(17)13-3-1-2-6-15(13)21(18,19)12-5-4-10-8-20-9-11(10)7-12/h1-2,4-5,7,13H,3,6,8-9H2,(H,16,17). The number of hydrogen-bond acceptors (Lipinski definition) is 4. The lowest BCUT2D eigenvalue weighted by molar-refractivity contribution is -0.141. The molecule has 2 aliphatic rings. The van der Waals surface area contributed by atoms with Gasteiger partial charge in [-0.1, -0.05) is 18.2 Å². The largest absolute Gasteiger partial charge is 0.480 e. The van der Waals surface area contributed by atoms with Crippen LogP contribution >= 0.6 is 0 Å². The topological polar surface area (TPSA) is 83.9 Å². The quantitative estimate of drug-likeness (QED) is 0.846. The lowest BCUT2D eigenvalue weighted by Crippen LogP contribution is -2.46. The van der Waals surface area contributed by atoms with Crippen molar-refractivity contribution in [2.45, 2.75) is 30.6 Å². The molecule has 0 aromatic heterocycles. The van der Waals surface area contributed by atoms with E-state index in [0.29, 0.717) is 13.2 Å². The molecule has 0 saturated heterocycles. The maximum atomic E-state index is 12.7. The van der Waals surface area contributed by atoms with Crippen molar-refractivity contribution in [2.75, 3.05) is 6.54 Å². The molecule has 2 heterocycles. The fraction of sp³-hybridized carbons (Fsp3) is 0.357. The fourth-order valence-electron chi connectivity index (χ4n) is 2.58. The monoisotopic (exact) mass is 309 g/mol. The van der Waals surface area contributed by atoms with Gasteiger partial charge >= 0.3 is 5.97 Å². The summed E-state index contributed by atoms with van der Waals surface area (Å²) in [4.78, 5) is 11.4. The number of hydrogen-bond donors (Lipinski definition) is 1. The summed E-state index contributed by atoms with van der Waals surface area (Å²) in [6.07, 6.45) is 3.55. The van der Waals surface area contributed by atoms with Crippen molar-refractivity contribution in [1.29, 1.82) is 0 Å². The van der Waals surface area contributed by atoms with Gasteiger partial charge < -0.3 is 9.84 Å². The van der Waals surface area contributed by atoms with Crippen LogP contribution in [-0.4, -0.2) is 36.4 Å². The van der Waals surface area contributed by atoms with Crippen molar-refractivity contribution in [3.05, 3.63) is 41.5 Å². The van der Waals surface area contributed by atoms with Gasteiger partial charge in [0.05, 0.1) is 18.1 Å². The first-order valence-corrected chi connectivity index (χ1v) is 8.03. The predicted octanol–water partition coefficient (Wildman–Crippen LogP) is 1.12. The zero-order valence-electron chi connectivity index (χ0n) is 11.2. The number of carboxylic acid groups (broad SMARTS) is 1. The molecule has 0 spiro atoms. The molecule has 21 heavy (non-hydrogen) atoms. The van der Waals surface area contributed by atoms with Crippen LogP contribution in [0.2, 0.25) is 0 Å². The highest BCUT2D eigenvalue weighted by Gasteiger charge is 2.36. The van der Waals surface area contributed by atoms with Crippen molar-refractivity contribution >= 4 is 16.0 Å². The molecule has 1 N–H and O–H groups in total. The van der Waals surface area contributed by atoms with E-state index in [-0.39, 0.29) is 17.9 Å². The summed E-state index contributed by atoms with van der Waals surface area (Å²) in [6.45, 7) is 0.952. The van der Waals surface area contributed by atoms with Gasteiger partial charge in [-0.15, -0.1) is 0 Å². The lowest BCUT2D eigenvalue weighted by atomic mass is 10.1. The molecule has 0 bridgehead atoms. The molecule has 1 unspecified atom stereocenters. The molecule has 0 radical (unpaired) electrons. The van der Waals surface area contributed by atoms with Gasteiger partial charge in [0, 0.05) is 6.54 Å². The van der Waals surface area contributed by atoms with Crippen LogP contribution in [0.15, 0.2) is 35.2 Å². The molecule has 0 fully saturated rings. The minimum absolute atomic E-state index is 0.0763. The molecule has 2 aliphatic heterocycles. The van der Waals surface area contributed by atoms with Gasteiger partial charge in [-0.2, -0.15) is 4.31 Å². The van der Waals surface area contributed by atoms with Gasteiger partial charge in [-0.3, -0.25) is 4.79 Å². The average Bonchev–Trinajstić information content (AvgIpc) is 2.94. The number of aliphatic carboxylic acids is 1. The van der Waals surface area contributed by atoms with E-state index in [2.05, 4.69) is 0 Å². The molecule has 6 nitrogen and oxygen atoms in total. The molecule has 1 atom stereocenters. The Hall–Kier alpha value is -1.70. The fourth-order valence-corrected chi connectivity index (χ4v) is 4.18. The predicted molar refractivity (Wildman–Crippen MR) is 74.0 cm³/mol. The van der Waals surface area contributed by atoms with Gasteiger partial charge in [0.1, 0.15) is 6.04 Å². The average molecular weight is 309 g/mol. The Bertz CT molecular complexity index is 710. The van der Waals surface area contributed by atoms with Gasteiger partial charge in [0.15, 0.2) is 0 Å². The Morgan fingerprint density at radius 3 is 2.76 bits per heavy atom. The van der Waals surface area contributed by atoms with E-state index in [1.54, 1.807) is 24.3 Å². The Labute approximate surface area is 122 Å². The van der Waals surface area contributed by atoms with Crippen molar-refractivity contribution in [1.82, 2.24) is 4.31 Å². The van der Waals surface area contributed by atoms with Crippen LogP contribution in [0, 0.1) is 0 Å². The van der Waals surface area contributed by atoms with Crippen LogP contribution in [0.5, 0.6) is 0 Å². The number of carbonyl (C=O) groups is 1. The van der Waals surface area contributed by atoms with Crippen LogP contribution in [0.3, 0.4) is 0 Å². The van der Waals surface area contributed by atoms with Crippen molar-refractivity contribution in [3.8, 4) is 0 Å². The minimum Gasteiger partial charge on any atom is -0.480 e. The van der Waals surface area contributed by atoms with E-state index >= 15 is 0 Å². The summed E-state index contributed by atoms with van der Waals surface area (Å²) >= 11 is 0. The normalized spacial score (nSPS) is 22.2. The summed E-state index contributed by atoms with van der Waals surface area (Å²) in [5, 5.41) is 9.21. The van der Waals surface area contributed by atoms with Crippen LogP contribution in [-0.2, 0) is 32.8 Å². The van der Waals surface area contributed by atoms with Crippen molar-refractivity contribution < 1.29 is 23.1 Å². The zero-order valence-corrected chi connectivity index (χ0v) is 12.0. The van der Waals surface area contributed by atoms with E-state index in [0.717, 1.165) is 15.4 Å². The Kier molecular flexibility index (Phi) is 3.56. The third-order valence-electron chi connectivity index (χ3n) is 3.74. The molecular formula is C14H15NO5S. The Morgan fingerprint density at radius 2 is 2.00 bits per heavy atom. The maximum Gasteiger partial charge on any atom is 0.322 e. The Balaban J connectivity index is 1.99. The summed E-state index contributed by atoms with van der Waals surface area (Å²) in [5.74, 6) is -1.13. The number of carboxylic acids is 1. The number of sulfonamides is 1. The SMILES string of the molecule is O=C(O)C1CC=CCN1S(=O)(=O)c1ccc2c(c1)COC2. The minimum atomic E-state index is -3.83. The van der Waals surface area contributed by atoms with Gasteiger partial charge in [-0.25, -0.2) is 8.42 Å². The molecule has 3 rings (SSSR count). The smallest absolute Gasteiger partial charge is 0.322 e. The second-order valence-corrected chi connectivity index (χ2v) is 6.95. The molecule has 7 heteroatoms. The number of ether oxygens (including phenoxy) is 1. The second kappa shape index (κ2) is 5.25. The molecule has 0 saturated carbocycles. The van der Waals surface area contributed by atoms with Crippen LogP contribution < -0.4 is 0 Å². The highest BCUT2D eigenvalue weighted by atomic mass is 32.2. The van der Waals surface area contributed by atoms with Crippen LogP contribution in [0.1, 0.15) is 17.5 Å². The molecular weight excluding hydrogens is 294 g/mol. The highest BCUT2D eigenvalue weighted by molar-refractivity contribution is 7.89. The maximum absolute atomic E-state index is 12.7. The molecule has 1 aromatic carbocycles. The van der Waals surface area contributed by atoms with Crippen LogP contribution in [0.25, 0.3) is 0 Å². The first kappa shape index (κ1) is 14.2. The van der Waals surface area contributed by atoms with E-state index < -0.39 is 22.0 Å². The number of fused-ring (bicyclic) bond motifs is 1. The number of benzene rings is 1. The third kappa shape index (κ3) is 2.48. The zero-order chi connectivity index (χ0) is 15.0. The van der Waals surface area contributed by atoms with Crippen LogP contribution in [0.4, 0.5) is 0 Å². The summed E-state index contributed by atoms with van der Waals surface area (Å²) < 4.78 is 31.7. The highest BCUT2D eigenvalue weighted by Crippen LogP contribution is 2.27. The van der Waals surface area contributed by atoms with Crippen molar-refractivity contribution in [2.24, 2.45) is 0 Å². The van der Waals surface area contributed by atoms with Gasteiger partial charge in [0.2, 0.25) is 10.0 Å². The number of nitrogens with zero attached hydrogens (tertiary/aromatic N) is 1. The van der Waals surface area contributed by atoms with Gasteiger partial charge in [-0.05, 0) is 29.7 Å². The molecule has 112 valence electrons. The summed E-state index contributed by atoms with van der Waals surface area (Å²) in [6, 6.07) is 3.77. The van der Waals surface area contributed by atoms with Gasteiger partial charge in [0.25, 0.3) is 0 Å². The van der Waals surface area contributed by atoms with Crippen molar-refractivity contribution in [3.63, 3.8) is 0 Å². The first-order valence-electron chi connectivity index (χ1n) is 6.59. The summed E-state index contributed by atoms with van der Waals surface area (Å²) in [7, 11) is -3.83. The van der Waals surface area contributed by atoms with E-state index in [4.69, 9.17) is 4.74 Å². The molecule has 1 aromatic rings. The number of rotatable bonds is 3. The summed E-state index contributed by atoms with van der Waals surface area (Å²) in [5.41, 5.74) is 1.82.